The van der Waals surface area contributed by atoms with Crippen LogP contribution < -0.4 is 5.56 Å². The summed E-state index contributed by atoms with van der Waals surface area (Å²) in [4.78, 5) is 23.9. The van der Waals surface area contributed by atoms with Crippen LogP contribution >= 0.6 is 15.9 Å². The molecule has 3 rings (SSSR count). The molecular weight excluding hydrogens is 362 g/mol. The van der Waals surface area contributed by atoms with Gasteiger partial charge in [0.05, 0.1) is 0 Å². The van der Waals surface area contributed by atoms with Crippen LogP contribution in [0.3, 0.4) is 0 Å². The number of furan rings is 1. The number of nitrogens with zero attached hydrogens (tertiary/aromatic N) is 1. The topological polar surface area (TPSA) is 72.4 Å². The molecule has 2 heterocycles. The zero-order chi connectivity index (χ0) is 16.7. The minimum atomic E-state index is -1.20. The number of benzene rings is 1. The lowest BCUT2D eigenvalue weighted by atomic mass is 9.93. The lowest BCUT2D eigenvalue weighted by Gasteiger charge is -2.14. The summed E-state index contributed by atoms with van der Waals surface area (Å²) in [6.45, 7) is 1.99. The van der Waals surface area contributed by atoms with E-state index in [-0.39, 0.29) is 21.5 Å². The second-order valence-corrected chi connectivity index (χ2v) is 6.11. The van der Waals surface area contributed by atoms with Gasteiger partial charge >= 0.3 is 5.97 Å². The molecule has 1 N–H and O–H groups in total. The smallest absolute Gasteiger partial charge is 0.341 e. The quantitative estimate of drug-likeness (QED) is 0.756. The third-order valence-electron chi connectivity index (χ3n) is 3.97. The van der Waals surface area contributed by atoms with Crippen LogP contribution in [0.25, 0.3) is 11.0 Å². The fourth-order valence-electron chi connectivity index (χ4n) is 2.73. The number of carbonyl (C=O) groups is 1. The zero-order valence-corrected chi connectivity index (χ0v) is 14.1. The molecule has 0 spiro atoms. The van der Waals surface area contributed by atoms with Crippen molar-refractivity contribution >= 4 is 32.9 Å². The molecule has 2 aromatic heterocycles. The minimum absolute atomic E-state index is 0.0507. The Kier molecular flexibility index (Phi) is 3.85. The highest BCUT2D eigenvalue weighted by Gasteiger charge is 2.26. The van der Waals surface area contributed by atoms with E-state index in [1.54, 1.807) is 13.2 Å². The SMILES string of the molecule is CC(c1ccccc1)c1cn(C)c(=O)c2c(C(=O)O)c(Br)oc12. The van der Waals surface area contributed by atoms with Gasteiger partial charge in [0.1, 0.15) is 16.5 Å². The van der Waals surface area contributed by atoms with Crippen molar-refractivity contribution in [1.29, 1.82) is 0 Å². The van der Waals surface area contributed by atoms with E-state index in [9.17, 15) is 14.7 Å². The summed E-state index contributed by atoms with van der Waals surface area (Å²) in [5.74, 6) is -1.25. The molecule has 23 heavy (non-hydrogen) atoms. The van der Waals surface area contributed by atoms with E-state index in [1.165, 1.54) is 4.57 Å². The van der Waals surface area contributed by atoms with Crippen molar-refractivity contribution < 1.29 is 14.3 Å². The second-order valence-electron chi connectivity index (χ2n) is 5.39. The Morgan fingerprint density at radius 2 is 1.96 bits per heavy atom. The largest absolute Gasteiger partial charge is 0.478 e. The fourth-order valence-corrected chi connectivity index (χ4v) is 3.26. The monoisotopic (exact) mass is 375 g/mol. The molecule has 1 aromatic carbocycles. The molecular formula is C17H14BrNO4. The Balaban J connectivity index is 2.35. The number of fused-ring (bicyclic) bond motifs is 1. The lowest BCUT2D eigenvalue weighted by Crippen LogP contribution is -2.19. The highest BCUT2D eigenvalue weighted by Crippen LogP contribution is 2.35. The third-order valence-corrected chi connectivity index (χ3v) is 4.53. The van der Waals surface area contributed by atoms with Crippen molar-refractivity contribution in [3.8, 4) is 0 Å². The molecule has 1 unspecified atom stereocenters. The maximum Gasteiger partial charge on any atom is 0.341 e. The zero-order valence-electron chi connectivity index (χ0n) is 12.5. The molecule has 0 aliphatic rings. The molecule has 0 saturated heterocycles. The van der Waals surface area contributed by atoms with Gasteiger partial charge in [0.2, 0.25) is 0 Å². The molecule has 1 atom stereocenters. The Hall–Kier alpha value is -2.34. The number of halogens is 1. The molecule has 118 valence electrons. The van der Waals surface area contributed by atoms with E-state index in [4.69, 9.17) is 4.42 Å². The van der Waals surface area contributed by atoms with Crippen LogP contribution in [0.15, 0.2) is 50.4 Å². The van der Waals surface area contributed by atoms with Gasteiger partial charge in [-0.2, -0.15) is 0 Å². The molecule has 0 aliphatic heterocycles. The molecule has 3 aromatic rings. The maximum atomic E-state index is 12.4. The van der Waals surface area contributed by atoms with Gasteiger partial charge in [0.25, 0.3) is 5.56 Å². The van der Waals surface area contributed by atoms with Crippen LogP contribution in [-0.2, 0) is 7.05 Å². The summed E-state index contributed by atoms with van der Waals surface area (Å²) in [5.41, 5.74) is 1.60. The first kappa shape index (κ1) is 15.6. The molecule has 0 radical (unpaired) electrons. The molecule has 6 heteroatoms. The van der Waals surface area contributed by atoms with Gasteiger partial charge in [-0.3, -0.25) is 4.79 Å². The van der Waals surface area contributed by atoms with Crippen molar-refractivity contribution in [3.63, 3.8) is 0 Å². The van der Waals surface area contributed by atoms with Crippen LogP contribution in [0.1, 0.15) is 34.3 Å². The summed E-state index contributed by atoms with van der Waals surface area (Å²) >= 11 is 3.11. The second kappa shape index (κ2) is 5.70. The standard InChI is InChI=1S/C17H14BrNO4/c1-9(10-6-4-3-5-7-10)11-8-19(2)16(20)12-13(17(21)22)15(18)23-14(11)12/h3-9H,1-2H3,(H,21,22). The first-order chi connectivity index (χ1) is 10.9. The van der Waals surface area contributed by atoms with Crippen LogP contribution in [0.4, 0.5) is 0 Å². The lowest BCUT2D eigenvalue weighted by molar-refractivity contribution is 0.0696. The van der Waals surface area contributed by atoms with Gasteiger partial charge in [-0.05, 0) is 21.5 Å². The van der Waals surface area contributed by atoms with E-state index >= 15 is 0 Å². The number of aromatic carboxylic acids is 1. The van der Waals surface area contributed by atoms with Crippen molar-refractivity contribution in [1.82, 2.24) is 4.57 Å². The Bertz CT molecular complexity index is 956. The van der Waals surface area contributed by atoms with E-state index in [0.717, 1.165) is 11.1 Å². The van der Waals surface area contributed by atoms with E-state index in [0.29, 0.717) is 5.58 Å². The van der Waals surface area contributed by atoms with Crippen molar-refractivity contribution in [2.24, 2.45) is 7.05 Å². The summed E-state index contributed by atoms with van der Waals surface area (Å²) in [6, 6.07) is 9.77. The number of carboxylic acid groups (broad SMARTS) is 1. The maximum absolute atomic E-state index is 12.4. The first-order valence-corrected chi connectivity index (χ1v) is 7.81. The van der Waals surface area contributed by atoms with Crippen molar-refractivity contribution in [2.75, 3.05) is 0 Å². The molecule has 0 amide bonds. The number of carboxylic acids is 1. The van der Waals surface area contributed by atoms with Gasteiger partial charge in [-0.15, -0.1) is 0 Å². The van der Waals surface area contributed by atoms with E-state index in [1.807, 2.05) is 37.3 Å². The summed E-state index contributed by atoms with van der Waals surface area (Å²) in [5, 5.41) is 9.47. The molecule has 0 aliphatic carbocycles. The van der Waals surface area contributed by atoms with Gasteiger partial charge in [-0.25, -0.2) is 4.79 Å². The van der Waals surface area contributed by atoms with Crippen LogP contribution in [-0.4, -0.2) is 15.6 Å². The Labute approximate surface area is 140 Å². The van der Waals surface area contributed by atoms with Crippen molar-refractivity contribution in [2.45, 2.75) is 12.8 Å². The summed E-state index contributed by atoms with van der Waals surface area (Å²) in [6.07, 6.45) is 1.70. The van der Waals surface area contributed by atoms with Gasteiger partial charge < -0.3 is 14.1 Å². The predicted octanol–water partition coefficient (Wildman–Crippen LogP) is 3.74. The van der Waals surface area contributed by atoms with Crippen LogP contribution in [0.5, 0.6) is 0 Å². The first-order valence-electron chi connectivity index (χ1n) is 7.01. The minimum Gasteiger partial charge on any atom is -0.478 e. The summed E-state index contributed by atoms with van der Waals surface area (Å²) in [7, 11) is 1.61. The van der Waals surface area contributed by atoms with Crippen LogP contribution in [0.2, 0.25) is 0 Å². The van der Waals surface area contributed by atoms with E-state index in [2.05, 4.69) is 15.9 Å². The van der Waals surface area contributed by atoms with Gasteiger partial charge in [0.15, 0.2) is 4.67 Å². The highest BCUT2D eigenvalue weighted by atomic mass is 79.9. The van der Waals surface area contributed by atoms with Crippen LogP contribution in [0, 0.1) is 0 Å². The Morgan fingerprint density at radius 3 is 2.57 bits per heavy atom. The highest BCUT2D eigenvalue weighted by molar-refractivity contribution is 9.10. The van der Waals surface area contributed by atoms with Gasteiger partial charge in [0, 0.05) is 24.7 Å². The molecule has 0 bridgehead atoms. The number of pyridine rings is 1. The average molecular weight is 376 g/mol. The molecule has 5 nitrogen and oxygen atoms in total. The van der Waals surface area contributed by atoms with Crippen molar-refractivity contribution in [3.05, 3.63) is 68.2 Å². The average Bonchev–Trinajstić information content (AvgIpc) is 2.88. The van der Waals surface area contributed by atoms with E-state index < -0.39 is 11.5 Å². The number of hydrogen-bond donors (Lipinski definition) is 1. The summed E-state index contributed by atoms with van der Waals surface area (Å²) < 4.78 is 7.05. The molecule has 0 saturated carbocycles. The van der Waals surface area contributed by atoms with Gasteiger partial charge in [-0.1, -0.05) is 37.3 Å². The number of aromatic nitrogens is 1. The normalized spacial score (nSPS) is 12.5. The Morgan fingerprint density at radius 1 is 1.30 bits per heavy atom. The fraction of sp³-hybridized carbons (Fsp3) is 0.176. The number of rotatable bonds is 3. The number of aryl methyl sites for hydroxylation is 1. The number of hydrogen-bond acceptors (Lipinski definition) is 3. The predicted molar refractivity (Wildman–Crippen MR) is 90.1 cm³/mol. The third kappa shape index (κ3) is 2.49. The molecule has 0 fully saturated rings.